The summed E-state index contributed by atoms with van der Waals surface area (Å²) >= 11 is 0. The fourth-order valence-electron chi connectivity index (χ4n) is 1.74. The van der Waals surface area contributed by atoms with Gasteiger partial charge in [0.2, 0.25) is 5.82 Å². The molecule has 0 fully saturated rings. The summed E-state index contributed by atoms with van der Waals surface area (Å²) in [6.45, 7) is -0.0836. The smallest absolute Gasteiger partial charge is 0.336 e. The van der Waals surface area contributed by atoms with Crippen LogP contribution >= 0.6 is 0 Å². The van der Waals surface area contributed by atoms with E-state index in [1.165, 1.54) is 12.1 Å². The molecule has 0 radical (unpaired) electrons. The van der Waals surface area contributed by atoms with Crippen molar-refractivity contribution in [1.29, 1.82) is 0 Å². The standard InChI is InChI=1S/C14H10FNO5/c15-12-7-10(5-6-13(12)16(19)20)21-8-9-3-1-2-4-11(9)14(17)18/h1-7H,8H2,(H,17,18). The lowest BCUT2D eigenvalue weighted by atomic mass is 10.1. The first-order valence-corrected chi connectivity index (χ1v) is 5.87. The average molecular weight is 291 g/mol. The highest BCUT2D eigenvalue weighted by Gasteiger charge is 2.15. The third-order valence-corrected chi connectivity index (χ3v) is 2.76. The molecule has 0 amide bonds. The Morgan fingerprint density at radius 3 is 2.62 bits per heavy atom. The highest BCUT2D eigenvalue weighted by atomic mass is 19.1. The Bertz CT molecular complexity index is 702. The molecule has 2 aromatic rings. The topological polar surface area (TPSA) is 89.7 Å². The molecular weight excluding hydrogens is 281 g/mol. The molecule has 0 bridgehead atoms. The predicted molar refractivity (Wildman–Crippen MR) is 70.8 cm³/mol. The third-order valence-electron chi connectivity index (χ3n) is 2.76. The SMILES string of the molecule is O=C(O)c1ccccc1COc1ccc([N+](=O)[O-])c(F)c1. The van der Waals surface area contributed by atoms with Crippen molar-refractivity contribution in [2.75, 3.05) is 0 Å². The second-order valence-corrected chi connectivity index (χ2v) is 4.12. The van der Waals surface area contributed by atoms with Crippen LogP contribution in [0.4, 0.5) is 10.1 Å². The molecule has 2 aromatic carbocycles. The summed E-state index contributed by atoms with van der Waals surface area (Å²) in [5.41, 5.74) is -0.142. The van der Waals surface area contributed by atoms with Gasteiger partial charge < -0.3 is 9.84 Å². The summed E-state index contributed by atoms with van der Waals surface area (Å²) in [5.74, 6) is -2.02. The maximum absolute atomic E-state index is 13.4. The molecule has 108 valence electrons. The molecular formula is C14H10FNO5. The fraction of sp³-hybridized carbons (Fsp3) is 0.0714. The quantitative estimate of drug-likeness (QED) is 0.675. The van der Waals surface area contributed by atoms with E-state index in [0.717, 1.165) is 12.1 Å². The molecule has 21 heavy (non-hydrogen) atoms. The lowest BCUT2D eigenvalue weighted by Crippen LogP contribution is -2.05. The summed E-state index contributed by atoms with van der Waals surface area (Å²) in [6, 6.07) is 9.38. The first kappa shape index (κ1) is 14.4. The van der Waals surface area contributed by atoms with E-state index in [1.807, 2.05) is 0 Å². The highest BCUT2D eigenvalue weighted by Crippen LogP contribution is 2.23. The molecule has 6 nitrogen and oxygen atoms in total. The van der Waals surface area contributed by atoms with Crippen LogP contribution in [0, 0.1) is 15.9 Å². The molecule has 0 heterocycles. The molecule has 0 aliphatic heterocycles. The number of carboxylic acid groups (broad SMARTS) is 1. The zero-order chi connectivity index (χ0) is 15.4. The Labute approximate surface area is 118 Å². The van der Waals surface area contributed by atoms with Gasteiger partial charge in [-0.3, -0.25) is 10.1 Å². The molecule has 0 unspecified atom stereocenters. The minimum absolute atomic E-state index is 0.0818. The van der Waals surface area contributed by atoms with Gasteiger partial charge in [-0.25, -0.2) is 4.79 Å². The van der Waals surface area contributed by atoms with Crippen LogP contribution in [0.25, 0.3) is 0 Å². The van der Waals surface area contributed by atoms with Gasteiger partial charge >= 0.3 is 11.7 Å². The number of carboxylic acids is 1. The van der Waals surface area contributed by atoms with Crippen molar-refractivity contribution < 1.29 is 24.0 Å². The van der Waals surface area contributed by atoms with Crippen LogP contribution in [-0.4, -0.2) is 16.0 Å². The molecule has 7 heteroatoms. The van der Waals surface area contributed by atoms with Crippen LogP contribution in [0.1, 0.15) is 15.9 Å². The summed E-state index contributed by atoms with van der Waals surface area (Å²) in [4.78, 5) is 20.7. The summed E-state index contributed by atoms with van der Waals surface area (Å²) in [7, 11) is 0. The Morgan fingerprint density at radius 1 is 1.29 bits per heavy atom. The Hall–Kier alpha value is -2.96. The van der Waals surface area contributed by atoms with Crippen molar-refractivity contribution in [3.05, 3.63) is 69.5 Å². The van der Waals surface area contributed by atoms with Crippen molar-refractivity contribution in [3.63, 3.8) is 0 Å². The van der Waals surface area contributed by atoms with Gasteiger partial charge in [0.15, 0.2) is 0 Å². The normalized spacial score (nSPS) is 10.1. The van der Waals surface area contributed by atoms with Crippen molar-refractivity contribution in [3.8, 4) is 5.75 Å². The lowest BCUT2D eigenvalue weighted by molar-refractivity contribution is -0.387. The number of nitro groups is 1. The number of nitrogens with zero attached hydrogens (tertiary/aromatic N) is 1. The monoisotopic (exact) mass is 291 g/mol. The lowest BCUT2D eigenvalue weighted by Gasteiger charge is -2.08. The summed E-state index contributed by atoms with van der Waals surface area (Å²) in [5, 5.41) is 19.5. The van der Waals surface area contributed by atoms with Crippen molar-refractivity contribution in [2.24, 2.45) is 0 Å². The minimum atomic E-state index is -1.09. The van der Waals surface area contributed by atoms with Gasteiger partial charge in [0.05, 0.1) is 10.5 Å². The van der Waals surface area contributed by atoms with Crippen LogP contribution in [-0.2, 0) is 6.61 Å². The second kappa shape index (κ2) is 6.00. The number of ether oxygens (including phenoxy) is 1. The zero-order valence-electron chi connectivity index (χ0n) is 10.7. The van der Waals surface area contributed by atoms with E-state index >= 15 is 0 Å². The van der Waals surface area contributed by atoms with E-state index < -0.39 is 22.4 Å². The van der Waals surface area contributed by atoms with E-state index in [9.17, 15) is 19.3 Å². The first-order chi connectivity index (χ1) is 9.99. The van der Waals surface area contributed by atoms with Crippen molar-refractivity contribution >= 4 is 11.7 Å². The van der Waals surface area contributed by atoms with Gasteiger partial charge in [-0.05, 0) is 12.1 Å². The van der Waals surface area contributed by atoms with Gasteiger partial charge in [0.1, 0.15) is 12.4 Å². The van der Waals surface area contributed by atoms with Crippen LogP contribution in [0.15, 0.2) is 42.5 Å². The number of hydrogen-bond acceptors (Lipinski definition) is 4. The average Bonchev–Trinajstić information content (AvgIpc) is 2.45. The minimum Gasteiger partial charge on any atom is -0.489 e. The summed E-state index contributed by atoms with van der Waals surface area (Å²) < 4.78 is 18.7. The molecule has 0 aliphatic rings. The molecule has 0 aliphatic carbocycles. The number of nitro benzene ring substituents is 1. The Kier molecular flexibility index (Phi) is 4.13. The van der Waals surface area contributed by atoms with Gasteiger partial charge in [0, 0.05) is 17.7 Å². The van der Waals surface area contributed by atoms with Gasteiger partial charge in [0.25, 0.3) is 0 Å². The van der Waals surface area contributed by atoms with E-state index in [-0.39, 0.29) is 17.9 Å². The number of rotatable bonds is 5. The molecule has 0 spiro atoms. The number of aromatic carboxylic acids is 1. The predicted octanol–water partition coefficient (Wildman–Crippen LogP) is 3.01. The van der Waals surface area contributed by atoms with Crippen LogP contribution in [0.2, 0.25) is 0 Å². The maximum atomic E-state index is 13.4. The number of hydrogen-bond donors (Lipinski definition) is 1. The second-order valence-electron chi connectivity index (χ2n) is 4.12. The molecule has 2 rings (SSSR count). The van der Waals surface area contributed by atoms with Gasteiger partial charge in [-0.15, -0.1) is 0 Å². The Balaban J connectivity index is 2.16. The zero-order valence-corrected chi connectivity index (χ0v) is 10.7. The van der Waals surface area contributed by atoms with Gasteiger partial charge in [-0.1, -0.05) is 18.2 Å². The van der Waals surface area contributed by atoms with Crippen LogP contribution in [0.3, 0.4) is 0 Å². The van der Waals surface area contributed by atoms with Crippen molar-refractivity contribution in [2.45, 2.75) is 6.61 Å². The van der Waals surface area contributed by atoms with E-state index in [2.05, 4.69) is 0 Å². The van der Waals surface area contributed by atoms with Crippen molar-refractivity contribution in [1.82, 2.24) is 0 Å². The largest absolute Gasteiger partial charge is 0.489 e. The van der Waals surface area contributed by atoms with Gasteiger partial charge in [-0.2, -0.15) is 4.39 Å². The van der Waals surface area contributed by atoms with E-state index in [0.29, 0.717) is 5.56 Å². The van der Waals surface area contributed by atoms with Crippen LogP contribution in [0.5, 0.6) is 5.75 Å². The maximum Gasteiger partial charge on any atom is 0.336 e. The van der Waals surface area contributed by atoms with Crippen LogP contribution < -0.4 is 4.74 Å². The third kappa shape index (κ3) is 3.33. The molecule has 0 saturated heterocycles. The number of carbonyl (C=O) groups is 1. The number of benzene rings is 2. The molecule has 0 saturated carbocycles. The first-order valence-electron chi connectivity index (χ1n) is 5.87. The highest BCUT2D eigenvalue weighted by molar-refractivity contribution is 5.89. The fourth-order valence-corrected chi connectivity index (χ4v) is 1.74. The Morgan fingerprint density at radius 2 is 2.00 bits per heavy atom. The molecule has 0 aromatic heterocycles. The number of halogens is 1. The van der Waals surface area contributed by atoms with E-state index in [4.69, 9.17) is 9.84 Å². The summed E-state index contributed by atoms with van der Waals surface area (Å²) in [6.07, 6.45) is 0. The molecule has 1 N–H and O–H groups in total. The molecule has 0 atom stereocenters. The van der Waals surface area contributed by atoms with E-state index in [1.54, 1.807) is 18.2 Å².